The summed E-state index contributed by atoms with van der Waals surface area (Å²) in [5.74, 6) is 0. The van der Waals surface area contributed by atoms with Crippen molar-refractivity contribution in [2.24, 2.45) is 0 Å². The summed E-state index contributed by atoms with van der Waals surface area (Å²) in [5, 5.41) is 0. The highest BCUT2D eigenvalue weighted by molar-refractivity contribution is 4.48. The van der Waals surface area contributed by atoms with E-state index in [4.69, 9.17) is 0 Å². The van der Waals surface area contributed by atoms with E-state index in [0.29, 0.717) is 0 Å². The Morgan fingerprint density at radius 2 is 0.231 bits per heavy atom. The molecule has 0 aromatic heterocycles. The molecule has 0 fully saturated rings. The molecule has 0 radical (unpaired) electrons. The number of hydrogen-bond donors (Lipinski definition) is 0. The first-order chi connectivity index (χ1) is 6.00. The zero-order valence-electron chi connectivity index (χ0n) is 6.93. The Hall–Kier alpha value is -2.64. The van der Waals surface area contributed by atoms with Crippen LogP contribution >= 0.6 is 0 Å². The minimum atomic E-state index is 0. The lowest BCUT2D eigenvalue weighted by atomic mass is 11.4. The largest absolute Gasteiger partial charge is 0.124 e. The molecule has 0 rings (SSSR count). The summed E-state index contributed by atoms with van der Waals surface area (Å²) in [4.78, 5) is 0. The van der Waals surface area contributed by atoms with Gasteiger partial charge >= 0.3 is 0 Å². The van der Waals surface area contributed by atoms with E-state index in [0.717, 1.165) is 0 Å². The average Bonchev–Trinajstić information content (AvgIpc) is 2.33. The van der Waals surface area contributed by atoms with Crippen LogP contribution in [0.4, 0.5) is 0 Å². The SMILES string of the molecule is C.C#C.C#C.C#C.C#C.C#C.C#C. The Labute approximate surface area is 85.1 Å². The summed E-state index contributed by atoms with van der Waals surface area (Å²) in [6.45, 7) is 0. The molecule has 0 unspecified atom stereocenters. The van der Waals surface area contributed by atoms with Crippen molar-refractivity contribution in [1.29, 1.82) is 0 Å². The van der Waals surface area contributed by atoms with E-state index < -0.39 is 0 Å². The van der Waals surface area contributed by atoms with Crippen molar-refractivity contribution >= 4 is 0 Å². The van der Waals surface area contributed by atoms with Gasteiger partial charge in [-0.1, -0.05) is 7.43 Å². The zero-order valence-corrected chi connectivity index (χ0v) is 6.93. The van der Waals surface area contributed by atoms with E-state index in [-0.39, 0.29) is 7.43 Å². The predicted molar refractivity (Wildman–Crippen MR) is 66.1 cm³/mol. The van der Waals surface area contributed by atoms with Crippen LogP contribution < -0.4 is 0 Å². The number of terminal acetylenes is 6. The molecule has 0 spiro atoms. The average molecular weight is 172 g/mol. The van der Waals surface area contributed by atoms with Gasteiger partial charge in [-0.15, -0.1) is 77.1 Å². The topological polar surface area (TPSA) is 0 Å². The third-order valence-corrected chi connectivity index (χ3v) is 0. The molecule has 0 aliphatic heterocycles. The fraction of sp³-hybridized carbons (Fsp3) is 0.0769. The molecule has 0 atom stereocenters. The van der Waals surface area contributed by atoms with Gasteiger partial charge in [-0.2, -0.15) is 0 Å². The van der Waals surface area contributed by atoms with Gasteiger partial charge in [0, 0.05) is 0 Å². The second-order valence-electron chi connectivity index (χ2n) is 0. The van der Waals surface area contributed by atoms with Gasteiger partial charge in [0.2, 0.25) is 0 Å². The van der Waals surface area contributed by atoms with E-state index in [2.05, 4.69) is 77.1 Å². The molecule has 0 heterocycles. The lowest BCUT2D eigenvalue weighted by molar-refractivity contribution is 2.50. The summed E-state index contributed by atoms with van der Waals surface area (Å²) in [6, 6.07) is 0. The van der Waals surface area contributed by atoms with E-state index in [9.17, 15) is 0 Å². The maximum Gasteiger partial charge on any atom is -0.0776 e. The summed E-state index contributed by atoms with van der Waals surface area (Å²) in [6.07, 6.45) is 48.0. The van der Waals surface area contributed by atoms with E-state index in [1.807, 2.05) is 0 Å². The number of rotatable bonds is 0. The Balaban J connectivity index is -0.00000000655. The molecule has 0 saturated heterocycles. The highest BCUT2D eigenvalue weighted by atomic mass is 12.6. The molecule has 13 heavy (non-hydrogen) atoms. The van der Waals surface area contributed by atoms with Crippen molar-refractivity contribution in [2.45, 2.75) is 7.43 Å². The second kappa shape index (κ2) is 93.9. The quantitative estimate of drug-likeness (QED) is 0.491. The smallest absolute Gasteiger partial charge is 0.0776 e. The van der Waals surface area contributed by atoms with Crippen LogP contribution in [0.1, 0.15) is 7.43 Å². The number of hydrogen-bond acceptors (Lipinski definition) is 0. The van der Waals surface area contributed by atoms with Crippen LogP contribution in [-0.4, -0.2) is 0 Å². The van der Waals surface area contributed by atoms with Crippen LogP contribution in [0.3, 0.4) is 0 Å². The van der Waals surface area contributed by atoms with Crippen molar-refractivity contribution < 1.29 is 0 Å². The summed E-state index contributed by atoms with van der Waals surface area (Å²) >= 11 is 0. The third-order valence-electron chi connectivity index (χ3n) is 0. The highest BCUT2D eigenvalue weighted by Crippen LogP contribution is 0.589. The third kappa shape index (κ3) is 72.7. The van der Waals surface area contributed by atoms with E-state index in [1.165, 1.54) is 0 Å². The van der Waals surface area contributed by atoms with Crippen LogP contribution in [-0.2, 0) is 0 Å². The van der Waals surface area contributed by atoms with Crippen LogP contribution in [0.25, 0.3) is 0 Å². The molecular weight excluding hydrogens is 156 g/mol. The predicted octanol–water partition coefficient (Wildman–Crippen LogP) is 2.13. The van der Waals surface area contributed by atoms with Gasteiger partial charge in [0.1, 0.15) is 0 Å². The fourth-order valence-corrected chi connectivity index (χ4v) is 0. The van der Waals surface area contributed by atoms with Gasteiger partial charge in [-0.05, 0) is 0 Å². The molecule has 0 N–H and O–H groups in total. The van der Waals surface area contributed by atoms with E-state index in [1.54, 1.807) is 0 Å². The summed E-state index contributed by atoms with van der Waals surface area (Å²) in [5.41, 5.74) is 0. The molecule has 0 saturated carbocycles. The van der Waals surface area contributed by atoms with Crippen molar-refractivity contribution in [3.63, 3.8) is 0 Å². The first-order valence-corrected chi connectivity index (χ1v) is 2.00. The van der Waals surface area contributed by atoms with Crippen LogP contribution in [0.15, 0.2) is 0 Å². The molecule has 0 nitrogen and oxygen atoms in total. The highest BCUT2D eigenvalue weighted by Gasteiger charge is 0.464. The Morgan fingerprint density at radius 1 is 0.231 bits per heavy atom. The summed E-state index contributed by atoms with van der Waals surface area (Å²) in [7, 11) is 0. The van der Waals surface area contributed by atoms with Crippen LogP contribution in [0.2, 0.25) is 0 Å². The molecule has 0 aromatic rings. The molecule has 0 heteroatoms. The molecule has 68 valence electrons. The van der Waals surface area contributed by atoms with Gasteiger partial charge in [-0.3, -0.25) is 0 Å². The van der Waals surface area contributed by atoms with Crippen molar-refractivity contribution in [1.82, 2.24) is 0 Å². The molecule has 0 amide bonds. The normalized spacial score (nSPS) is 0.923. The Morgan fingerprint density at radius 3 is 0.231 bits per heavy atom. The van der Waals surface area contributed by atoms with Gasteiger partial charge in [0.05, 0.1) is 0 Å². The minimum Gasteiger partial charge on any atom is -0.124 e. The second-order valence-corrected chi connectivity index (χ2v) is 0. The van der Waals surface area contributed by atoms with Gasteiger partial charge in [0.15, 0.2) is 0 Å². The molecule has 0 aromatic carbocycles. The monoisotopic (exact) mass is 172 g/mol. The minimum absolute atomic E-state index is 0. The molecular formula is C13H16. The maximum atomic E-state index is 4.00. The molecule has 0 aliphatic carbocycles. The van der Waals surface area contributed by atoms with E-state index >= 15 is 0 Å². The summed E-state index contributed by atoms with van der Waals surface area (Å²) < 4.78 is 0. The van der Waals surface area contributed by atoms with Crippen molar-refractivity contribution in [2.75, 3.05) is 0 Å². The van der Waals surface area contributed by atoms with Crippen molar-refractivity contribution in [3.05, 3.63) is 0 Å². The Kier molecular flexibility index (Phi) is 580. The van der Waals surface area contributed by atoms with Gasteiger partial charge in [0.25, 0.3) is 0 Å². The van der Waals surface area contributed by atoms with Gasteiger partial charge < -0.3 is 0 Å². The van der Waals surface area contributed by atoms with Gasteiger partial charge in [-0.25, -0.2) is 0 Å². The first kappa shape index (κ1) is 80.4. The van der Waals surface area contributed by atoms with Crippen LogP contribution in [0.5, 0.6) is 0 Å². The lowest BCUT2D eigenvalue weighted by Crippen LogP contribution is -0.576. The first-order valence-electron chi connectivity index (χ1n) is 2.00. The molecule has 0 aliphatic rings. The zero-order chi connectivity index (χ0) is 12.0. The standard InChI is InChI=1S/6C2H2.CH4/c6*1-2;/h6*1-2H;1H4. The lowest BCUT2D eigenvalue weighted by Gasteiger charge is -0.701. The Bertz CT molecular complexity index is 75.1. The van der Waals surface area contributed by atoms with Crippen molar-refractivity contribution in [3.8, 4) is 77.1 Å². The fourth-order valence-electron chi connectivity index (χ4n) is 0. The molecule has 0 bridgehead atoms. The van der Waals surface area contributed by atoms with Crippen LogP contribution in [0, 0.1) is 77.1 Å². The maximum absolute atomic E-state index is 4.00.